The van der Waals surface area contributed by atoms with Gasteiger partial charge in [-0.15, -0.1) is 0 Å². The number of hydrogen-bond acceptors (Lipinski definition) is 4. The first-order valence-electron chi connectivity index (χ1n) is 9.66. The van der Waals surface area contributed by atoms with Crippen LogP contribution in [0.3, 0.4) is 0 Å². The zero-order chi connectivity index (χ0) is 19.1. The first-order chi connectivity index (χ1) is 13.7. The Balaban J connectivity index is 1.49. The van der Waals surface area contributed by atoms with Crippen molar-refractivity contribution in [2.75, 3.05) is 6.54 Å². The van der Waals surface area contributed by atoms with Crippen molar-refractivity contribution in [2.24, 2.45) is 0 Å². The lowest BCUT2D eigenvalue weighted by Crippen LogP contribution is -2.40. The van der Waals surface area contributed by atoms with Crippen LogP contribution in [0.2, 0.25) is 0 Å². The molecule has 28 heavy (non-hydrogen) atoms. The summed E-state index contributed by atoms with van der Waals surface area (Å²) in [5.74, 6) is 0.749. The zero-order valence-corrected chi connectivity index (χ0v) is 15.5. The van der Waals surface area contributed by atoms with Crippen molar-refractivity contribution in [1.82, 2.24) is 9.47 Å². The molecule has 2 aliphatic rings. The topological polar surface area (TPSA) is 54.7 Å². The Labute approximate surface area is 163 Å². The molecule has 0 amide bonds. The fraction of sp³-hybridized carbons (Fsp3) is 0.261. The second kappa shape index (κ2) is 6.84. The van der Waals surface area contributed by atoms with Gasteiger partial charge >= 0.3 is 0 Å². The monoisotopic (exact) mass is 374 g/mol. The van der Waals surface area contributed by atoms with Crippen LogP contribution in [0.5, 0.6) is 11.5 Å². The number of para-hydroxylation sites is 1. The molecule has 5 nitrogen and oxygen atoms in total. The van der Waals surface area contributed by atoms with Gasteiger partial charge in [0.05, 0.1) is 6.20 Å². The summed E-state index contributed by atoms with van der Waals surface area (Å²) >= 11 is 0. The first kappa shape index (κ1) is 17.1. The Bertz CT molecular complexity index is 1060. The second-order valence-electron chi connectivity index (χ2n) is 7.48. The van der Waals surface area contributed by atoms with Crippen LogP contribution in [-0.4, -0.2) is 21.1 Å². The Hall–Kier alpha value is -3.05. The number of ether oxygens (including phenoxy) is 1. The van der Waals surface area contributed by atoms with E-state index in [0.29, 0.717) is 6.54 Å². The standard InChI is InChI=1S/C23H22N2O3/c26-20-12-17-14-25(11-10-24(17)15-21(20)27)19-13-23(16-6-2-1-3-7-16)28-22-9-5-4-8-18(19)22/h1-9,12,15,19,23,27H,10-11,13-14H2. The summed E-state index contributed by atoms with van der Waals surface area (Å²) in [6, 6.07) is 20.4. The lowest BCUT2D eigenvalue weighted by atomic mass is 9.91. The molecule has 0 bridgehead atoms. The molecular formula is C23H22N2O3. The maximum absolute atomic E-state index is 11.9. The molecule has 1 N–H and O–H groups in total. The molecule has 0 radical (unpaired) electrons. The summed E-state index contributed by atoms with van der Waals surface area (Å²) in [5, 5.41) is 9.72. The fourth-order valence-electron chi connectivity index (χ4n) is 4.35. The van der Waals surface area contributed by atoms with Crippen LogP contribution in [0.1, 0.15) is 35.4 Å². The number of pyridine rings is 1. The van der Waals surface area contributed by atoms with Gasteiger partial charge < -0.3 is 14.4 Å². The second-order valence-corrected chi connectivity index (χ2v) is 7.48. The maximum atomic E-state index is 11.9. The minimum absolute atomic E-state index is 0.00466. The third-order valence-electron chi connectivity index (χ3n) is 5.79. The van der Waals surface area contributed by atoms with Gasteiger partial charge in [0, 0.05) is 49.4 Å². The highest BCUT2D eigenvalue weighted by Gasteiger charge is 2.34. The van der Waals surface area contributed by atoms with Crippen LogP contribution in [0.15, 0.2) is 71.7 Å². The smallest absolute Gasteiger partial charge is 0.223 e. The fourth-order valence-corrected chi connectivity index (χ4v) is 4.35. The van der Waals surface area contributed by atoms with Crippen molar-refractivity contribution in [3.05, 3.63) is 93.9 Å². The normalized spacial score (nSPS) is 21.4. The molecule has 0 saturated carbocycles. The van der Waals surface area contributed by atoms with Crippen LogP contribution in [0, 0.1) is 0 Å². The molecule has 0 spiro atoms. The van der Waals surface area contributed by atoms with Crippen molar-refractivity contribution < 1.29 is 9.84 Å². The highest BCUT2D eigenvalue weighted by molar-refractivity contribution is 5.39. The molecule has 142 valence electrons. The van der Waals surface area contributed by atoms with Gasteiger partial charge in [-0.2, -0.15) is 0 Å². The molecule has 2 unspecified atom stereocenters. The number of rotatable bonds is 2. The third-order valence-corrected chi connectivity index (χ3v) is 5.79. The summed E-state index contributed by atoms with van der Waals surface area (Å²) in [4.78, 5) is 14.3. The van der Waals surface area contributed by atoms with Crippen molar-refractivity contribution in [3.63, 3.8) is 0 Å². The minimum atomic E-state index is -0.317. The van der Waals surface area contributed by atoms with Gasteiger partial charge in [0.1, 0.15) is 11.9 Å². The number of aromatic nitrogens is 1. The molecule has 3 aromatic rings. The summed E-state index contributed by atoms with van der Waals surface area (Å²) < 4.78 is 8.31. The van der Waals surface area contributed by atoms with Crippen LogP contribution >= 0.6 is 0 Å². The number of benzene rings is 2. The van der Waals surface area contributed by atoms with Crippen molar-refractivity contribution in [3.8, 4) is 11.5 Å². The van der Waals surface area contributed by atoms with Crippen LogP contribution in [-0.2, 0) is 13.1 Å². The van der Waals surface area contributed by atoms with Crippen molar-refractivity contribution >= 4 is 0 Å². The first-order valence-corrected chi connectivity index (χ1v) is 9.66. The molecule has 0 aliphatic carbocycles. The van der Waals surface area contributed by atoms with E-state index in [1.807, 2.05) is 34.9 Å². The molecule has 0 saturated heterocycles. The van der Waals surface area contributed by atoms with E-state index in [9.17, 15) is 9.90 Å². The minimum Gasteiger partial charge on any atom is -0.503 e. The molecular weight excluding hydrogens is 352 g/mol. The van der Waals surface area contributed by atoms with Crippen LogP contribution in [0.4, 0.5) is 0 Å². The van der Waals surface area contributed by atoms with E-state index >= 15 is 0 Å². The third kappa shape index (κ3) is 2.98. The predicted octanol–water partition coefficient (Wildman–Crippen LogP) is 3.63. The van der Waals surface area contributed by atoms with Gasteiger partial charge in [-0.3, -0.25) is 9.69 Å². The van der Waals surface area contributed by atoms with Gasteiger partial charge in [-0.25, -0.2) is 0 Å². The van der Waals surface area contributed by atoms with Gasteiger partial charge in [-0.05, 0) is 11.6 Å². The highest BCUT2D eigenvalue weighted by Crippen LogP contribution is 2.44. The van der Waals surface area contributed by atoms with Crippen LogP contribution < -0.4 is 10.2 Å². The van der Waals surface area contributed by atoms with E-state index < -0.39 is 0 Å². The van der Waals surface area contributed by atoms with Crippen molar-refractivity contribution in [1.29, 1.82) is 0 Å². The van der Waals surface area contributed by atoms with Gasteiger partial charge in [0.15, 0.2) is 5.75 Å². The summed E-state index contributed by atoms with van der Waals surface area (Å²) in [5.41, 5.74) is 3.00. The molecule has 2 atom stereocenters. The average Bonchev–Trinajstić information content (AvgIpc) is 2.74. The summed E-state index contributed by atoms with van der Waals surface area (Å²) in [7, 11) is 0. The molecule has 0 fully saturated rings. The van der Waals surface area contributed by atoms with E-state index in [2.05, 4.69) is 29.2 Å². The van der Waals surface area contributed by atoms with E-state index in [-0.39, 0.29) is 23.3 Å². The number of hydrogen-bond donors (Lipinski definition) is 1. The predicted molar refractivity (Wildman–Crippen MR) is 106 cm³/mol. The maximum Gasteiger partial charge on any atom is 0.223 e. The quantitative estimate of drug-likeness (QED) is 0.744. The Morgan fingerprint density at radius 1 is 1.00 bits per heavy atom. The average molecular weight is 374 g/mol. The van der Waals surface area contributed by atoms with Crippen molar-refractivity contribution in [2.45, 2.75) is 31.7 Å². The van der Waals surface area contributed by atoms with E-state index in [0.717, 1.165) is 31.0 Å². The largest absolute Gasteiger partial charge is 0.503 e. The van der Waals surface area contributed by atoms with E-state index in [4.69, 9.17) is 4.74 Å². The van der Waals surface area contributed by atoms with Gasteiger partial charge in [0.2, 0.25) is 5.43 Å². The molecule has 2 aromatic carbocycles. The molecule has 1 aromatic heterocycles. The Morgan fingerprint density at radius 2 is 1.79 bits per heavy atom. The van der Waals surface area contributed by atoms with E-state index in [1.54, 1.807) is 12.3 Å². The highest BCUT2D eigenvalue weighted by atomic mass is 16.5. The SMILES string of the molecule is O=c1cc2n(cc1O)CCN(C1CC(c3ccccc3)Oc3ccccc31)C2. The molecule has 2 aliphatic heterocycles. The number of nitrogens with zero attached hydrogens (tertiary/aromatic N) is 2. The van der Waals surface area contributed by atoms with Crippen LogP contribution in [0.25, 0.3) is 0 Å². The molecule has 5 rings (SSSR count). The van der Waals surface area contributed by atoms with Gasteiger partial charge in [0.25, 0.3) is 0 Å². The lowest BCUT2D eigenvalue weighted by molar-refractivity contribution is 0.0717. The molecule has 5 heteroatoms. The van der Waals surface area contributed by atoms with Gasteiger partial charge in [-0.1, -0.05) is 48.5 Å². The summed E-state index contributed by atoms with van der Waals surface area (Å²) in [6.45, 7) is 2.28. The van der Waals surface area contributed by atoms with E-state index in [1.165, 1.54) is 11.1 Å². The number of aromatic hydroxyl groups is 1. The Kier molecular flexibility index (Phi) is 4.17. The zero-order valence-electron chi connectivity index (χ0n) is 15.5. The molecule has 3 heterocycles. The summed E-state index contributed by atoms with van der Waals surface area (Å²) in [6.07, 6.45) is 2.42. The lowest BCUT2D eigenvalue weighted by Gasteiger charge is -2.41. The Morgan fingerprint density at radius 3 is 2.64 bits per heavy atom. The number of fused-ring (bicyclic) bond motifs is 2.